The van der Waals surface area contributed by atoms with Gasteiger partial charge in [-0.1, -0.05) is 32.1 Å². The molecule has 2 rings (SSSR count). The maximum Gasteiger partial charge on any atom is 0.0826 e. The summed E-state index contributed by atoms with van der Waals surface area (Å²) in [5, 5.41) is 14.4. The molecule has 1 unspecified atom stereocenters. The molecule has 1 aliphatic rings. The van der Waals surface area contributed by atoms with Gasteiger partial charge in [0.15, 0.2) is 0 Å². The van der Waals surface area contributed by atoms with Crippen LogP contribution < -0.4 is 0 Å². The van der Waals surface area contributed by atoms with Crippen LogP contribution in [0.4, 0.5) is 0 Å². The van der Waals surface area contributed by atoms with Crippen molar-refractivity contribution in [2.75, 3.05) is 0 Å². The molecular weight excluding hydrogens is 204 g/mol. The minimum Gasteiger partial charge on any atom is -0.388 e. The van der Waals surface area contributed by atoms with E-state index in [1.165, 1.54) is 44.9 Å². The van der Waals surface area contributed by atoms with Crippen molar-refractivity contribution < 1.29 is 5.11 Å². The molecule has 1 heterocycles. The molecule has 0 amide bonds. The van der Waals surface area contributed by atoms with Crippen LogP contribution in [0.5, 0.6) is 0 Å². The molecular formula is C13H20OS. The highest BCUT2D eigenvalue weighted by Gasteiger charge is 2.21. The lowest BCUT2D eigenvalue weighted by Gasteiger charge is -2.24. The molecule has 0 bridgehead atoms. The average Bonchev–Trinajstić information content (AvgIpc) is 2.68. The van der Waals surface area contributed by atoms with Gasteiger partial charge in [-0.05, 0) is 41.1 Å². The summed E-state index contributed by atoms with van der Waals surface area (Å²) in [4.78, 5) is 0. The first kappa shape index (κ1) is 11.2. The molecule has 15 heavy (non-hydrogen) atoms. The first-order chi connectivity index (χ1) is 7.38. The maximum absolute atomic E-state index is 10.3. The summed E-state index contributed by atoms with van der Waals surface area (Å²) in [5.41, 5.74) is 1.13. The van der Waals surface area contributed by atoms with Crippen LogP contribution in [0, 0.1) is 5.92 Å². The van der Waals surface area contributed by atoms with Crippen molar-refractivity contribution in [3.8, 4) is 0 Å². The minimum atomic E-state index is -0.214. The topological polar surface area (TPSA) is 20.2 Å². The molecule has 0 radical (unpaired) electrons. The van der Waals surface area contributed by atoms with E-state index < -0.39 is 0 Å². The summed E-state index contributed by atoms with van der Waals surface area (Å²) < 4.78 is 0. The lowest BCUT2D eigenvalue weighted by molar-refractivity contribution is 0.0916. The van der Waals surface area contributed by atoms with Gasteiger partial charge in [-0.2, -0.15) is 11.3 Å². The zero-order valence-corrected chi connectivity index (χ0v) is 10.0. The van der Waals surface area contributed by atoms with E-state index in [4.69, 9.17) is 0 Å². The van der Waals surface area contributed by atoms with Gasteiger partial charge in [-0.3, -0.25) is 0 Å². The van der Waals surface area contributed by atoms with E-state index in [1.54, 1.807) is 11.3 Å². The molecule has 0 aromatic carbocycles. The molecule has 1 N–H and O–H groups in total. The van der Waals surface area contributed by atoms with Crippen LogP contribution >= 0.6 is 11.3 Å². The predicted molar refractivity (Wildman–Crippen MR) is 65.1 cm³/mol. The highest BCUT2D eigenvalue weighted by atomic mass is 32.1. The van der Waals surface area contributed by atoms with E-state index in [0.717, 1.165) is 5.56 Å². The first-order valence-corrected chi connectivity index (χ1v) is 7.02. The van der Waals surface area contributed by atoms with Gasteiger partial charge in [-0.15, -0.1) is 0 Å². The lowest BCUT2D eigenvalue weighted by atomic mass is 9.85. The van der Waals surface area contributed by atoms with Gasteiger partial charge in [0.1, 0.15) is 0 Å². The van der Waals surface area contributed by atoms with Crippen molar-refractivity contribution in [1.82, 2.24) is 0 Å². The van der Waals surface area contributed by atoms with Crippen molar-refractivity contribution in [3.05, 3.63) is 22.4 Å². The Hall–Kier alpha value is -0.340. The van der Waals surface area contributed by atoms with Gasteiger partial charge in [-0.25, -0.2) is 0 Å². The largest absolute Gasteiger partial charge is 0.388 e. The Kier molecular flexibility index (Phi) is 4.21. The van der Waals surface area contributed by atoms with E-state index in [9.17, 15) is 5.11 Å². The Morgan fingerprint density at radius 2 is 1.80 bits per heavy atom. The Labute approximate surface area is 96.1 Å². The zero-order chi connectivity index (χ0) is 10.5. The molecule has 1 fully saturated rings. The van der Waals surface area contributed by atoms with E-state index in [2.05, 4.69) is 16.8 Å². The van der Waals surface area contributed by atoms with Crippen molar-refractivity contribution in [2.45, 2.75) is 51.0 Å². The SMILES string of the molecule is OC(c1ccsc1)C1CCCCCCC1. The number of rotatable bonds is 2. The van der Waals surface area contributed by atoms with Crippen molar-refractivity contribution in [1.29, 1.82) is 0 Å². The molecule has 1 atom stereocenters. The summed E-state index contributed by atoms with van der Waals surface area (Å²) in [5.74, 6) is 0.500. The van der Waals surface area contributed by atoms with Crippen LogP contribution in [0.25, 0.3) is 0 Å². The van der Waals surface area contributed by atoms with Crippen molar-refractivity contribution >= 4 is 11.3 Å². The van der Waals surface area contributed by atoms with E-state index in [1.807, 2.05) is 0 Å². The standard InChI is InChI=1S/C13H20OS/c14-13(12-8-9-15-10-12)11-6-4-2-1-3-5-7-11/h8-11,13-14H,1-7H2. The fourth-order valence-corrected chi connectivity index (χ4v) is 3.21. The number of hydrogen-bond acceptors (Lipinski definition) is 2. The monoisotopic (exact) mass is 224 g/mol. The maximum atomic E-state index is 10.3. The molecule has 0 spiro atoms. The Morgan fingerprint density at radius 3 is 2.40 bits per heavy atom. The fourth-order valence-electron chi connectivity index (χ4n) is 2.52. The number of aliphatic hydroxyl groups is 1. The summed E-state index contributed by atoms with van der Waals surface area (Å²) in [7, 11) is 0. The third-order valence-corrected chi connectivity index (χ3v) is 4.18. The van der Waals surface area contributed by atoms with E-state index >= 15 is 0 Å². The average molecular weight is 224 g/mol. The number of aliphatic hydroxyl groups excluding tert-OH is 1. The van der Waals surface area contributed by atoms with E-state index in [0.29, 0.717) is 5.92 Å². The first-order valence-electron chi connectivity index (χ1n) is 6.08. The van der Waals surface area contributed by atoms with Crippen LogP contribution in [0.2, 0.25) is 0 Å². The zero-order valence-electron chi connectivity index (χ0n) is 9.19. The second-order valence-electron chi connectivity index (χ2n) is 4.61. The molecule has 0 saturated heterocycles. The normalized spacial score (nSPS) is 21.9. The van der Waals surface area contributed by atoms with Crippen LogP contribution in [0.15, 0.2) is 16.8 Å². The lowest BCUT2D eigenvalue weighted by Crippen LogP contribution is -2.13. The van der Waals surface area contributed by atoms with Crippen LogP contribution in [0.1, 0.15) is 56.6 Å². The van der Waals surface area contributed by atoms with Gasteiger partial charge >= 0.3 is 0 Å². The smallest absolute Gasteiger partial charge is 0.0826 e. The second-order valence-corrected chi connectivity index (χ2v) is 5.39. The minimum absolute atomic E-state index is 0.214. The summed E-state index contributed by atoms with van der Waals surface area (Å²) in [6, 6.07) is 2.06. The van der Waals surface area contributed by atoms with Crippen LogP contribution in [-0.4, -0.2) is 5.11 Å². The van der Waals surface area contributed by atoms with Gasteiger partial charge < -0.3 is 5.11 Å². The highest BCUT2D eigenvalue weighted by Crippen LogP contribution is 2.33. The molecule has 0 aliphatic heterocycles. The number of hydrogen-bond donors (Lipinski definition) is 1. The second kappa shape index (κ2) is 5.66. The van der Waals surface area contributed by atoms with Crippen LogP contribution in [0.3, 0.4) is 0 Å². The molecule has 1 aromatic rings. The fraction of sp³-hybridized carbons (Fsp3) is 0.692. The van der Waals surface area contributed by atoms with Gasteiger partial charge in [0.05, 0.1) is 6.10 Å². The third kappa shape index (κ3) is 3.05. The summed E-state index contributed by atoms with van der Waals surface area (Å²) >= 11 is 1.68. The highest BCUT2D eigenvalue weighted by molar-refractivity contribution is 7.07. The quantitative estimate of drug-likeness (QED) is 0.800. The third-order valence-electron chi connectivity index (χ3n) is 3.48. The number of thiophene rings is 1. The summed E-state index contributed by atoms with van der Waals surface area (Å²) in [6.07, 6.45) is 8.89. The molecule has 1 aliphatic carbocycles. The van der Waals surface area contributed by atoms with Gasteiger partial charge in [0.25, 0.3) is 0 Å². The predicted octanol–water partition coefficient (Wildman–Crippen LogP) is 4.14. The Bertz CT molecular complexity index is 260. The molecule has 1 nitrogen and oxygen atoms in total. The molecule has 84 valence electrons. The van der Waals surface area contributed by atoms with Crippen LogP contribution in [-0.2, 0) is 0 Å². The Balaban J connectivity index is 1.95. The van der Waals surface area contributed by atoms with Gasteiger partial charge in [0.2, 0.25) is 0 Å². The van der Waals surface area contributed by atoms with Crippen molar-refractivity contribution in [2.24, 2.45) is 5.92 Å². The molecule has 2 heteroatoms. The Morgan fingerprint density at radius 1 is 1.13 bits per heavy atom. The molecule has 1 aromatic heterocycles. The molecule has 1 saturated carbocycles. The van der Waals surface area contributed by atoms with Crippen molar-refractivity contribution in [3.63, 3.8) is 0 Å². The van der Waals surface area contributed by atoms with Gasteiger partial charge in [0, 0.05) is 0 Å². The summed E-state index contributed by atoms with van der Waals surface area (Å²) in [6.45, 7) is 0. The van der Waals surface area contributed by atoms with E-state index in [-0.39, 0.29) is 6.10 Å².